The van der Waals surface area contributed by atoms with E-state index in [4.69, 9.17) is 5.26 Å². The molecule has 1 aromatic carbocycles. The van der Waals surface area contributed by atoms with Gasteiger partial charge in [0.25, 0.3) is 5.69 Å². The molecule has 1 aliphatic heterocycles. The Labute approximate surface area is 116 Å². The lowest BCUT2D eigenvalue weighted by atomic mass is 10.00. The fourth-order valence-corrected chi connectivity index (χ4v) is 3.41. The molecule has 0 aromatic heterocycles. The number of hydrogen-bond acceptors (Lipinski definition) is 5. The minimum atomic E-state index is -0.520. The molecular weight excluding hydrogens is 258 g/mol. The van der Waals surface area contributed by atoms with E-state index in [0.29, 0.717) is 5.92 Å². The number of nitrogens with zero attached hydrogens (tertiary/aromatic N) is 3. The first-order valence-electron chi connectivity index (χ1n) is 6.71. The first-order chi connectivity index (χ1) is 9.60. The maximum absolute atomic E-state index is 11.0. The highest BCUT2D eigenvalue weighted by atomic mass is 16.6. The van der Waals surface area contributed by atoms with Gasteiger partial charge in [0, 0.05) is 30.8 Å². The molecule has 2 aliphatic rings. The van der Waals surface area contributed by atoms with Crippen LogP contribution in [0.15, 0.2) is 18.2 Å². The largest absolute Gasteiger partial charge is 0.393 e. The lowest BCUT2D eigenvalue weighted by molar-refractivity contribution is -0.385. The smallest absolute Gasteiger partial charge is 0.289 e. The van der Waals surface area contributed by atoms with Crippen LogP contribution in [0.1, 0.15) is 18.4 Å². The molecule has 0 spiro atoms. The maximum Gasteiger partial charge on any atom is 0.289 e. The third kappa shape index (κ3) is 2.00. The minimum absolute atomic E-state index is 0.0816. The summed E-state index contributed by atoms with van der Waals surface area (Å²) in [5.74, 6) is 0.740. The molecule has 2 fully saturated rings. The van der Waals surface area contributed by atoms with Crippen molar-refractivity contribution in [3.05, 3.63) is 33.9 Å². The van der Waals surface area contributed by atoms with Gasteiger partial charge < -0.3 is 10.0 Å². The van der Waals surface area contributed by atoms with Crippen LogP contribution in [0, 0.1) is 33.3 Å². The van der Waals surface area contributed by atoms with Gasteiger partial charge in [-0.1, -0.05) is 0 Å². The third-order valence-electron chi connectivity index (χ3n) is 4.48. The van der Waals surface area contributed by atoms with Gasteiger partial charge in [0.1, 0.15) is 11.6 Å². The first kappa shape index (κ1) is 12.9. The molecule has 1 aromatic rings. The zero-order chi connectivity index (χ0) is 14.3. The van der Waals surface area contributed by atoms with Crippen LogP contribution in [0.2, 0.25) is 0 Å². The Bertz CT molecular complexity index is 596. The molecule has 1 N–H and O–H groups in total. The number of nitro benzene ring substituents is 1. The Hall–Kier alpha value is -2.13. The summed E-state index contributed by atoms with van der Waals surface area (Å²) in [6.07, 6.45) is 1.62. The van der Waals surface area contributed by atoms with Crippen molar-refractivity contribution in [2.45, 2.75) is 18.9 Å². The zero-order valence-corrected chi connectivity index (χ0v) is 10.9. The number of aliphatic hydroxyl groups excluding tert-OH is 1. The summed E-state index contributed by atoms with van der Waals surface area (Å²) in [6, 6.07) is 6.55. The molecule has 3 unspecified atom stereocenters. The Kier molecular flexibility index (Phi) is 3.07. The van der Waals surface area contributed by atoms with E-state index in [1.807, 2.05) is 6.07 Å². The van der Waals surface area contributed by atoms with Crippen LogP contribution in [0.25, 0.3) is 0 Å². The van der Waals surface area contributed by atoms with E-state index in [1.54, 1.807) is 6.07 Å². The van der Waals surface area contributed by atoms with Gasteiger partial charge in [-0.15, -0.1) is 0 Å². The van der Waals surface area contributed by atoms with Gasteiger partial charge in [0.15, 0.2) is 0 Å². The predicted octanol–water partition coefficient (Wildman–Crippen LogP) is 1.67. The number of benzene rings is 1. The predicted molar refractivity (Wildman–Crippen MR) is 72.2 cm³/mol. The van der Waals surface area contributed by atoms with Crippen molar-refractivity contribution in [3.8, 4) is 6.07 Å². The fraction of sp³-hybridized carbons (Fsp3) is 0.500. The maximum atomic E-state index is 11.0. The van der Waals surface area contributed by atoms with Gasteiger partial charge in [0.05, 0.1) is 11.0 Å². The molecule has 1 heterocycles. The summed E-state index contributed by atoms with van der Waals surface area (Å²) in [7, 11) is 0. The second-order valence-electron chi connectivity index (χ2n) is 5.54. The molecule has 0 amide bonds. The van der Waals surface area contributed by atoms with Gasteiger partial charge in [-0.25, -0.2) is 0 Å². The second-order valence-corrected chi connectivity index (χ2v) is 5.54. The number of hydrogen-bond donors (Lipinski definition) is 1. The van der Waals surface area contributed by atoms with Gasteiger partial charge in [0.2, 0.25) is 0 Å². The van der Waals surface area contributed by atoms with Crippen molar-refractivity contribution in [1.82, 2.24) is 0 Å². The summed E-state index contributed by atoms with van der Waals surface area (Å²) < 4.78 is 0. The third-order valence-corrected chi connectivity index (χ3v) is 4.48. The summed E-state index contributed by atoms with van der Waals surface area (Å²) >= 11 is 0. The van der Waals surface area contributed by atoms with Gasteiger partial charge in [-0.3, -0.25) is 10.1 Å². The van der Waals surface area contributed by atoms with Crippen LogP contribution in [-0.2, 0) is 0 Å². The number of aliphatic hydroxyl groups is 1. The molecule has 6 heteroatoms. The second kappa shape index (κ2) is 4.76. The van der Waals surface area contributed by atoms with Crippen molar-refractivity contribution in [1.29, 1.82) is 5.26 Å². The molecule has 104 valence electrons. The molecule has 3 rings (SSSR count). The van der Waals surface area contributed by atoms with E-state index < -0.39 is 4.92 Å². The van der Waals surface area contributed by atoms with E-state index in [0.717, 1.165) is 31.6 Å². The fourth-order valence-electron chi connectivity index (χ4n) is 3.41. The minimum Gasteiger partial charge on any atom is -0.393 e. The Morgan fingerprint density at radius 3 is 2.85 bits per heavy atom. The van der Waals surface area contributed by atoms with Crippen LogP contribution in [0.3, 0.4) is 0 Å². The average molecular weight is 273 g/mol. The summed E-state index contributed by atoms with van der Waals surface area (Å²) in [6.45, 7) is 1.56. The molecule has 1 saturated carbocycles. The lowest BCUT2D eigenvalue weighted by Crippen LogP contribution is -2.24. The highest BCUT2D eigenvalue weighted by Crippen LogP contribution is 2.40. The molecule has 1 saturated heterocycles. The van der Waals surface area contributed by atoms with E-state index >= 15 is 0 Å². The molecule has 0 bridgehead atoms. The highest BCUT2D eigenvalue weighted by molar-refractivity contribution is 5.60. The van der Waals surface area contributed by atoms with Crippen molar-refractivity contribution in [2.75, 3.05) is 18.0 Å². The summed E-state index contributed by atoms with van der Waals surface area (Å²) in [5, 5.41) is 29.8. The molecule has 0 radical (unpaired) electrons. The van der Waals surface area contributed by atoms with E-state index in [9.17, 15) is 15.2 Å². The van der Waals surface area contributed by atoms with E-state index in [2.05, 4.69) is 4.90 Å². The summed E-state index contributed by atoms with van der Waals surface area (Å²) in [5.41, 5.74) is 0.693. The number of anilines is 1. The molecule has 6 nitrogen and oxygen atoms in total. The van der Waals surface area contributed by atoms with Crippen molar-refractivity contribution >= 4 is 11.4 Å². The highest BCUT2D eigenvalue weighted by Gasteiger charge is 2.42. The van der Waals surface area contributed by atoms with Crippen LogP contribution in [0.4, 0.5) is 11.4 Å². The van der Waals surface area contributed by atoms with Gasteiger partial charge in [-0.05, 0) is 30.9 Å². The molecule has 1 aliphatic carbocycles. The van der Waals surface area contributed by atoms with Gasteiger partial charge in [-0.2, -0.15) is 5.26 Å². The normalized spacial score (nSPS) is 28.2. The van der Waals surface area contributed by atoms with Crippen LogP contribution < -0.4 is 4.90 Å². The number of fused-ring (bicyclic) bond motifs is 1. The van der Waals surface area contributed by atoms with Crippen LogP contribution in [-0.4, -0.2) is 29.2 Å². The quantitative estimate of drug-likeness (QED) is 0.654. The average Bonchev–Trinajstić information content (AvgIpc) is 3.00. The number of rotatable bonds is 2. The monoisotopic (exact) mass is 273 g/mol. The van der Waals surface area contributed by atoms with E-state index in [-0.39, 0.29) is 23.3 Å². The lowest BCUT2D eigenvalue weighted by Gasteiger charge is -2.20. The number of nitriles is 1. The van der Waals surface area contributed by atoms with Crippen molar-refractivity contribution < 1.29 is 10.0 Å². The Morgan fingerprint density at radius 2 is 2.20 bits per heavy atom. The van der Waals surface area contributed by atoms with Crippen LogP contribution in [0.5, 0.6) is 0 Å². The van der Waals surface area contributed by atoms with Crippen molar-refractivity contribution in [2.24, 2.45) is 11.8 Å². The Balaban J connectivity index is 1.87. The van der Waals surface area contributed by atoms with Crippen LogP contribution >= 0.6 is 0 Å². The summed E-state index contributed by atoms with van der Waals surface area (Å²) in [4.78, 5) is 12.5. The molecule has 3 atom stereocenters. The topological polar surface area (TPSA) is 90.4 Å². The Morgan fingerprint density at radius 1 is 1.40 bits per heavy atom. The standard InChI is InChI=1S/C14H15N3O3/c15-6-9-1-3-11(5-13(9)17(19)20)16-7-10-2-4-14(18)12(10)8-16/h1,3,5,10,12,14,18H,2,4,7-8H2. The zero-order valence-electron chi connectivity index (χ0n) is 10.9. The molecule has 20 heavy (non-hydrogen) atoms. The van der Waals surface area contributed by atoms with Crippen molar-refractivity contribution in [3.63, 3.8) is 0 Å². The first-order valence-corrected chi connectivity index (χ1v) is 6.71. The van der Waals surface area contributed by atoms with Gasteiger partial charge >= 0.3 is 0 Å². The molecular formula is C14H15N3O3. The number of nitro groups is 1. The SMILES string of the molecule is N#Cc1ccc(N2CC3CCC(O)C3C2)cc1[N+](=O)[O-]. The van der Waals surface area contributed by atoms with E-state index in [1.165, 1.54) is 12.1 Å².